The zero-order valence-corrected chi connectivity index (χ0v) is 21.7. The van der Waals surface area contributed by atoms with Crippen LogP contribution < -0.4 is 10.6 Å². The van der Waals surface area contributed by atoms with Gasteiger partial charge in [-0.05, 0) is 37.1 Å². The van der Waals surface area contributed by atoms with E-state index in [0.29, 0.717) is 16.1 Å². The minimum atomic E-state index is -5.00. The van der Waals surface area contributed by atoms with Crippen LogP contribution in [0.25, 0.3) is 0 Å². The number of alkyl halides is 3. The van der Waals surface area contributed by atoms with Gasteiger partial charge in [-0.25, -0.2) is 12.7 Å². The summed E-state index contributed by atoms with van der Waals surface area (Å²) in [5, 5.41) is 16.1. The fraction of sp³-hybridized carbons (Fsp3) is 0.429. The first-order chi connectivity index (χ1) is 16.1. The van der Waals surface area contributed by atoms with Crippen LogP contribution >= 0.6 is 11.7 Å². The van der Waals surface area contributed by atoms with Gasteiger partial charge in [0.15, 0.2) is 17.4 Å². The van der Waals surface area contributed by atoms with Crippen molar-refractivity contribution in [3.8, 4) is 5.75 Å². The SMILES string of the molecule is CC(C)C.Cc1ccc(CNc2nsnc2Nc2ccc(C(F)(F)F)c(S(=O)(=O)N(C)C)c2O)o1. The number of nitrogens with zero attached hydrogens (tertiary/aromatic N) is 3. The van der Waals surface area contributed by atoms with Gasteiger partial charge < -0.3 is 20.2 Å². The van der Waals surface area contributed by atoms with Gasteiger partial charge in [0.05, 0.1) is 29.5 Å². The Kier molecular flexibility index (Phi) is 9.14. The molecule has 0 saturated carbocycles. The van der Waals surface area contributed by atoms with Crippen LogP contribution in [0.1, 0.15) is 37.9 Å². The van der Waals surface area contributed by atoms with Crippen LogP contribution in [-0.4, -0.2) is 40.7 Å². The van der Waals surface area contributed by atoms with E-state index in [1.165, 1.54) is 0 Å². The lowest BCUT2D eigenvalue weighted by Gasteiger charge is -2.20. The highest BCUT2D eigenvalue weighted by Gasteiger charge is 2.40. The predicted octanol–water partition coefficient (Wildman–Crippen LogP) is 5.43. The van der Waals surface area contributed by atoms with Crippen molar-refractivity contribution in [2.75, 3.05) is 24.7 Å². The molecule has 2 aromatic heterocycles. The number of nitrogens with one attached hydrogen (secondary N) is 2. The normalized spacial score (nSPS) is 12.0. The third-order valence-electron chi connectivity index (χ3n) is 4.14. The Morgan fingerprint density at radius 1 is 1.11 bits per heavy atom. The summed E-state index contributed by atoms with van der Waals surface area (Å²) in [4.78, 5) is -1.25. The van der Waals surface area contributed by atoms with Crippen molar-refractivity contribution >= 4 is 39.1 Å². The van der Waals surface area contributed by atoms with Crippen LogP contribution in [0.5, 0.6) is 5.75 Å². The minimum absolute atomic E-state index is 0.0940. The molecule has 3 rings (SSSR count). The first kappa shape index (κ1) is 28.4. The van der Waals surface area contributed by atoms with Gasteiger partial charge in [0.1, 0.15) is 16.4 Å². The zero-order valence-electron chi connectivity index (χ0n) is 20.1. The number of furan rings is 1. The zero-order chi connectivity index (χ0) is 26.6. The Balaban J connectivity index is 0.00000100. The third kappa shape index (κ3) is 7.32. The number of rotatable bonds is 7. The highest BCUT2D eigenvalue weighted by molar-refractivity contribution is 7.89. The van der Waals surface area contributed by atoms with Crippen LogP contribution in [-0.2, 0) is 22.7 Å². The van der Waals surface area contributed by atoms with E-state index in [4.69, 9.17) is 4.42 Å². The maximum absolute atomic E-state index is 13.4. The molecule has 0 unspecified atom stereocenters. The maximum atomic E-state index is 13.4. The molecule has 0 fully saturated rings. The molecule has 0 spiro atoms. The van der Waals surface area contributed by atoms with E-state index in [2.05, 4.69) is 40.2 Å². The Hall–Kier alpha value is -2.84. The number of aromatic hydroxyl groups is 1. The van der Waals surface area contributed by atoms with Crippen LogP contribution in [0.2, 0.25) is 0 Å². The topological polar surface area (TPSA) is 121 Å². The number of phenolic OH excluding ortho intramolecular Hbond substituents is 1. The molecule has 2 heterocycles. The molecule has 0 atom stereocenters. The van der Waals surface area contributed by atoms with Gasteiger partial charge in [0, 0.05) is 14.1 Å². The Labute approximate surface area is 206 Å². The molecule has 3 N–H and O–H groups in total. The molecule has 0 aliphatic carbocycles. The molecule has 0 bridgehead atoms. The molecule has 3 aromatic rings. The van der Waals surface area contributed by atoms with Crippen molar-refractivity contribution in [3.05, 3.63) is 41.3 Å². The van der Waals surface area contributed by atoms with Crippen molar-refractivity contribution < 1.29 is 31.1 Å². The Morgan fingerprint density at radius 3 is 2.23 bits per heavy atom. The number of aromatic nitrogens is 2. The summed E-state index contributed by atoms with van der Waals surface area (Å²) in [5.41, 5.74) is -1.76. The van der Waals surface area contributed by atoms with E-state index in [1.807, 2.05) is 0 Å². The molecule has 1 aromatic carbocycles. The number of benzene rings is 1. The molecule has 9 nitrogen and oxygen atoms in total. The van der Waals surface area contributed by atoms with E-state index in [-0.39, 0.29) is 23.9 Å². The van der Waals surface area contributed by atoms with E-state index >= 15 is 0 Å². The molecule has 194 valence electrons. The summed E-state index contributed by atoms with van der Waals surface area (Å²) in [6.07, 6.45) is -5.00. The number of hydrogen-bond donors (Lipinski definition) is 3. The largest absolute Gasteiger partial charge is 0.504 e. The van der Waals surface area contributed by atoms with Crippen molar-refractivity contribution in [1.29, 1.82) is 0 Å². The number of aryl methyl sites for hydroxylation is 1. The Morgan fingerprint density at radius 2 is 1.71 bits per heavy atom. The summed E-state index contributed by atoms with van der Waals surface area (Å²) in [7, 11) is -2.48. The summed E-state index contributed by atoms with van der Waals surface area (Å²) < 4.78 is 79.3. The van der Waals surface area contributed by atoms with Gasteiger partial charge in [-0.3, -0.25) is 0 Å². The monoisotopic (exact) mass is 535 g/mol. The maximum Gasteiger partial charge on any atom is 0.417 e. The van der Waals surface area contributed by atoms with Gasteiger partial charge in [-0.15, -0.1) is 0 Å². The predicted molar refractivity (Wildman–Crippen MR) is 128 cm³/mol. The standard InChI is InChI=1S/C17H18F3N5O4S2.C4H10/c1-9-4-5-10(29-9)8-21-15-16(24-30-23-15)22-12-7-6-11(17(18,19)20)14(13(12)26)31(27,28)25(2)3;1-4(2)3/h4-7,26H,8H2,1-3H3,(H,21,23)(H,22,24);4H,1-3H3. The summed E-state index contributed by atoms with van der Waals surface area (Å²) in [6, 6.07) is 5.04. The molecule has 0 aliphatic heterocycles. The van der Waals surface area contributed by atoms with Gasteiger partial charge >= 0.3 is 6.18 Å². The Bertz CT molecular complexity index is 1240. The van der Waals surface area contributed by atoms with Gasteiger partial charge in [-0.2, -0.15) is 21.9 Å². The van der Waals surface area contributed by atoms with Crippen molar-refractivity contribution in [1.82, 2.24) is 13.1 Å². The van der Waals surface area contributed by atoms with E-state index in [0.717, 1.165) is 43.6 Å². The molecule has 0 saturated heterocycles. The summed E-state index contributed by atoms with van der Waals surface area (Å²) >= 11 is 0.810. The second kappa shape index (κ2) is 11.3. The number of sulfonamides is 1. The van der Waals surface area contributed by atoms with Gasteiger partial charge in [-0.1, -0.05) is 20.8 Å². The molecular formula is C21H28F3N5O4S2. The second-order valence-corrected chi connectivity index (χ2v) is 10.9. The van der Waals surface area contributed by atoms with E-state index in [9.17, 15) is 26.7 Å². The molecular weight excluding hydrogens is 507 g/mol. The average molecular weight is 536 g/mol. The molecule has 0 aliphatic rings. The number of anilines is 3. The smallest absolute Gasteiger partial charge is 0.417 e. The van der Waals surface area contributed by atoms with Crippen LogP contribution in [0.4, 0.5) is 30.5 Å². The van der Waals surface area contributed by atoms with Crippen molar-refractivity contribution in [2.24, 2.45) is 5.92 Å². The van der Waals surface area contributed by atoms with Crippen LogP contribution in [0, 0.1) is 12.8 Å². The third-order valence-corrected chi connectivity index (χ3v) is 6.56. The lowest BCUT2D eigenvalue weighted by molar-refractivity contribution is -0.140. The summed E-state index contributed by atoms with van der Waals surface area (Å²) in [6.45, 7) is 8.54. The molecule has 0 radical (unpaired) electrons. The number of phenols is 1. The molecule has 0 amide bonds. The summed E-state index contributed by atoms with van der Waals surface area (Å²) in [5.74, 6) is 1.43. The lowest BCUT2D eigenvalue weighted by atomic mass is 10.1. The van der Waals surface area contributed by atoms with Crippen LogP contribution in [0.15, 0.2) is 33.6 Å². The fourth-order valence-corrected chi connectivity index (χ4v) is 4.27. The number of halogens is 3. The first-order valence-electron chi connectivity index (χ1n) is 10.4. The van der Waals surface area contributed by atoms with Crippen molar-refractivity contribution in [2.45, 2.75) is 45.3 Å². The second-order valence-electron chi connectivity index (χ2n) is 8.31. The highest BCUT2D eigenvalue weighted by Crippen LogP contribution is 2.43. The molecule has 14 heteroatoms. The quantitative estimate of drug-likeness (QED) is 0.343. The highest BCUT2D eigenvalue weighted by atomic mass is 32.2. The van der Waals surface area contributed by atoms with Crippen molar-refractivity contribution in [3.63, 3.8) is 0 Å². The fourth-order valence-electron chi connectivity index (χ4n) is 2.60. The van der Waals surface area contributed by atoms with E-state index < -0.39 is 32.4 Å². The van der Waals surface area contributed by atoms with Gasteiger partial charge in [0.2, 0.25) is 10.0 Å². The average Bonchev–Trinajstić information content (AvgIpc) is 3.34. The minimum Gasteiger partial charge on any atom is -0.504 e. The lowest BCUT2D eigenvalue weighted by Crippen LogP contribution is -2.25. The first-order valence-corrected chi connectivity index (χ1v) is 12.6. The van der Waals surface area contributed by atoms with Gasteiger partial charge in [0.25, 0.3) is 0 Å². The molecule has 35 heavy (non-hydrogen) atoms. The van der Waals surface area contributed by atoms with Crippen LogP contribution in [0.3, 0.4) is 0 Å². The number of hydrogen-bond acceptors (Lipinski definition) is 9. The van der Waals surface area contributed by atoms with E-state index in [1.54, 1.807) is 19.1 Å².